The number of likely N-dealkylation sites (tertiary alicyclic amines) is 1. The summed E-state index contributed by atoms with van der Waals surface area (Å²) in [4.78, 5) is 2.24. The van der Waals surface area contributed by atoms with Gasteiger partial charge in [0.05, 0.1) is 25.5 Å². The van der Waals surface area contributed by atoms with E-state index < -0.39 is 12.2 Å². The van der Waals surface area contributed by atoms with E-state index in [1.54, 1.807) is 20.1 Å². The number of hydrogen-bond acceptors (Lipinski definition) is 5. The first kappa shape index (κ1) is 21.0. The lowest BCUT2D eigenvalue weighted by Gasteiger charge is -2.31. The zero-order valence-corrected chi connectivity index (χ0v) is 17.1. The molecule has 0 amide bonds. The van der Waals surface area contributed by atoms with Crippen LogP contribution in [-0.2, 0) is 13.2 Å². The number of hydrogen-bond donors (Lipinski definition) is 2. The first-order chi connectivity index (χ1) is 14.3. The van der Waals surface area contributed by atoms with Crippen LogP contribution in [0.4, 0.5) is 19.0 Å². The van der Waals surface area contributed by atoms with Crippen molar-refractivity contribution in [3.05, 3.63) is 41.1 Å². The van der Waals surface area contributed by atoms with Gasteiger partial charge in [0, 0.05) is 24.2 Å². The summed E-state index contributed by atoms with van der Waals surface area (Å²) in [5, 5.41) is 17.1. The van der Waals surface area contributed by atoms with Crippen molar-refractivity contribution < 1.29 is 23.0 Å². The van der Waals surface area contributed by atoms with E-state index in [-0.39, 0.29) is 25.1 Å². The fourth-order valence-electron chi connectivity index (χ4n) is 4.58. The Hall–Kier alpha value is -2.26. The van der Waals surface area contributed by atoms with Gasteiger partial charge in [0.25, 0.3) is 0 Å². The van der Waals surface area contributed by atoms with E-state index in [0.29, 0.717) is 23.8 Å². The number of rotatable bonds is 5. The zero-order valence-electron chi connectivity index (χ0n) is 17.1. The van der Waals surface area contributed by atoms with E-state index in [2.05, 4.69) is 15.3 Å². The van der Waals surface area contributed by atoms with Gasteiger partial charge in [0.15, 0.2) is 6.04 Å². The van der Waals surface area contributed by atoms with Crippen molar-refractivity contribution in [2.45, 2.75) is 63.6 Å². The Labute approximate surface area is 173 Å². The molecule has 3 heterocycles. The van der Waals surface area contributed by atoms with Crippen LogP contribution in [0.25, 0.3) is 0 Å². The van der Waals surface area contributed by atoms with Crippen molar-refractivity contribution in [3.8, 4) is 5.75 Å². The SMILES string of the molecule is COc1ccc(CN2CCCC2c2cc3n(n2)[C@@H](C(F)(F)F)C[C@@H](C)N3)cc1CO. The number of anilines is 1. The summed E-state index contributed by atoms with van der Waals surface area (Å²) >= 11 is 0. The predicted molar refractivity (Wildman–Crippen MR) is 106 cm³/mol. The van der Waals surface area contributed by atoms with E-state index in [9.17, 15) is 18.3 Å². The molecule has 30 heavy (non-hydrogen) atoms. The normalized spacial score (nSPS) is 24.5. The average Bonchev–Trinajstić information content (AvgIpc) is 3.32. The molecule has 2 aromatic rings. The maximum absolute atomic E-state index is 13.5. The van der Waals surface area contributed by atoms with E-state index in [1.165, 1.54) is 0 Å². The third-order valence-electron chi connectivity index (χ3n) is 6.00. The first-order valence-corrected chi connectivity index (χ1v) is 10.2. The Morgan fingerprint density at radius 3 is 2.80 bits per heavy atom. The highest BCUT2D eigenvalue weighted by atomic mass is 19.4. The molecule has 9 heteroatoms. The highest BCUT2D eigenvalue weighted by molar-refractivity contribution is 5.42. The second-order valence-electron chi connectivity index (χ2n) is 8.17. The molecule has 1 saturated heterocycles. The molecular weight excluding hydrogens is 397 g/mol. The Kier molecular flexibility index (Phi) is 5.67. The second-order valence-corrected chi connectivity index (χ2v) is 8.17. The fourth-order valence-corrected chi connectivity index (χ4v) is 4.58. The van der Waals surface area contributed by atoms with Gasteiger partial charge in [-0.2, -0.15) is 18.3 Å². The number of aliphatic hydroxyl groups excluding tert-OH is 1. The monoisotopic (exact) mass is 424 g/mol. The Morgan fingerprint density at radius 2 is 2.10 bits per heavy atom. The third-order valence-corrected chi connectivity index (χ3v) is 6.00. The van der Waals surface area contributed by atoms with Gasteiger partial charge in [-0.25, -0.2) is 4.68 Å². The van der Waals surface area contributed by atoms with Gasteiger partial charge in [-0.3, -0.25) is 4.90 Å². The standard InChI is InChI=1S/C21H27F3N4O2/c1-13-8-19(21(22,23)24)28-20(25-13)10-16(26-28)17-4-3-7-27(17)11-14-5-6-18(30-2)15(9-14)12-29/h5-6,9-10,13,17,19,25,29H,3-4,7-8,11-12H2,1-2H3/t13-,17?,19-/m1/s1. The van der Waals surface area contributed by atoms with Gasteiger partial charge >= 0.3 is 6.18 Å². The quantitative estimate of drug-likeness (QED) is 0.759. The molecule has 6 nitrogen and oxygen atoms in total. The Balaban J connectivity index is 1.58. The van der Waals surface area contributed by atoms with Gasteiger partial charge in [-0.05, 0) is 50.4 Å². The maximum Gasteiger partial charge on any atom is 0.410 e. The van der Waals surface area contributed by atoms with Gasteiger partial charge in [0.2, 0.25) is 0 Å². The number of halogens is 3. The summed E-state index contributed by atoms with van der Waals surface area (Å²) in [5.74, 6) is 1.07. The van der Waals surface area contributed by atoms with Crippen LogP contribution in [0.2, 0.25) is 0 Å². The molecule has 2 N–H and O–H groups in total. The van der Waals surface area contributed by atoms with Crippen molar-refractivity contribution in [2.24, 2.45) is 0 Å². The minimum atomic E-state index is -4.33. The Bertz CT molecular complexity index is 899. The van der Waals surface area contributed by atoms with E-state index >= 15 is 0 Å². The summed E-state index contributed by atoms with van der Waals surface area (Å²) in [6.07, 6.45) is -2.54. The number of methoxy groups -OCH3 is 1. The molecule has 4 rings (SSSR count). The van der Waals surface area contributed by atoms with Crippen molar-refractivity contribution in [1.82, 2.24) is 14.7 Å². The highest BCUT2D eigenvalue weighted by Crippen LogP contribution is 2.41. The third kappa shape index (κ3) is 4.00. The minimum absolute atomic E-state index is 0.0260. The molecule has 0 bridgehead atoms. The molecule has 164 valence electrons. The zero-order chi connectivity index (χ0) is 21.5. The van der Waals surface area contributed by atoms with Crippen LogP contribution in [0.15, 0.2) is 24.3 Å². The molecule has 0 saturated carbocycles. The van der Waals surface area contributed by atoms with Gasteiger partial charge in [0.1, 0.15) is 11.6 Å². The molecule has 1 aromatic carbocycles. The average molecular weight is 424 g/mol. The van der Waals surface area contributed by atoms with Crippen LogP contribution in [0.1, 0.15) is 55.1 Å². The van der Waals surface area contributed by atoms with Gasteiger partial charge in [-0.15, -0.1) is 0 Å². The van der Waals surface area contributed by atoms with Crippen LogP contribution >= 0.6 is 0 Å². The van der Waals surface area contributed by atoms with Crippen LogP contribution in [0.3, 0.4) is 0 Å². The molecule has 1 fully saturated rings. The molecule has 0 aliphatic carbocycles. The van der Waals surface area contributed by atoms with Crippen molar-refractivity contribution in [3.63, 3.8) is 0 Å². The van der Waals surface area contributed by atoms with Crippen molar-refractivity contribution in [1.29, 1.82) is 0 Å². The van der Waals surface area contributed by atoms with Gasteiger partial charge in [-0.1, -0.05) is 6.07 Å². The fraction of sp³-hybridized carbons (Fsp3) is 0.571. The molecule has 2 aliphatic rings. The molecule has 1 aromatic heterocycles. The summed E-state index contributed by atoms with van der Waals surface area (Å²) < 4.78 is 47.0. The summed E-state index contributed by atoms with van der Waals surface area (Å²) in [7, 11) is 1.56. The van der Waals surface area contributed by atoms with Crippen molar-refractivity contribution in [2.75, 3.05) is 19.0 Å². The van der Waals surface area contributed by atoms with Crippen LogP contribution in [0, 0.1) is 0 Å². The first-order valence-electron chi connectivity index (χ1n) is 10.2. The number of fused-ring (bicyclic) bond motifs is 1. The number of nitrogens with one attached hydrogen (secondary N) is 1. The number of ether oxygens (including phenoxy) is 1. The number of nitrogens with zero attached hydrogens (tertiary/aromatic N) is 3. The van der Waals surface area contributed by atoms with E-state index in [0.717, 1.165) is 35.2 Å². The summed E-state index contributed by atoms with van der Waals surface area (Å²) in [6.45, 7) is 3.13. The van der Waals surface area contributed by atoms with E-state index in [1.807, 2.05) is 18.2 Å². The second kappa shape index (κ2) is 8.11. The minimum Gasteiger partial charge on any atom is -0.496 e. The van der Waals surface area contributed by atoms with Gasteiger partial charge < -0.3 is 15.2 Å². The van der Waals surface area contributed by atoms with Crippen molar-refractivity contribution >= 4 is 5.82 Å². The predicted octanol–water partition coefficient (Wildman–Crippen LogP) is 4.03. The molecule has 0 radical (unpaired) electrons. The number of benzene rings is 1. The lowest BCUT2D eigenvalue weighted by molar-refractivity contribution is -0.173. The maximum atomic E-state index is 13.5. The van der Waals surface area contributed by atoms with Crippen LogP contribution < -0.4 is 10.1 Å². The molecule has 0 spiro atoms. The van der Waals surface area contributed by atoms with Crippen LogP contribution in [-0.4, -0.2) is 45.7 Å². The smallest absolute Gasteiger partial charge is 0.410 e. The topological polar surface area (TPSA) is 62.5 Å². The molecular formula is C21H27F3N4O2. The lowest BCUT2D eigenvalue weighted by atomic mass is 10.1. The van der Waals surface area contributed by atoms with Crippen LogP contribution in [0.5, 0.6) is 5.75 Å². The number of aromatic nitrogens is 2. The number of aliphatic hydroxyl groups is 1. The van der Waals surface area contributed by atoms with E-state index in [4.69, 9.17) is 4.74 Å². The summed E-state index contributed by atoms with van der Waals surface area (Å²) in [5.41, 5.74) is 2.42. The summed E-state index contributed by atoms with van der Waals surface area (Å²) in [6, 6.07) is 5.58. The Morgan fingerprint density at radius 1 is 1.30 bits per heavy atom. The largest absolute Gasteiger partial charge is 0.496 e. The highest BCUT2D eigenvalue weighted by Gasteiger charge is 2.46. The lowest BCUT2D eigenvalue weighted by Crippen LogP contribution is -2.37. The molecule has 1 unspecified atom stereocenters. The molecule has 2 aliphatic heterocycles. The number of alkyl halides is 3. The molecule has 3 atom stereocenters.